The zero-order valence-electron chi connectivity index (χ0n) is 16.9. The number of aliphatic carboxylic acids is 1. The van der Waals surface area contributed by atoms with Gasteiger partial charge >= 0.3 is 5.97 Å². The Morgan fingerprint density at radius 3 is 2.32 bits per heavy atom. The number of benzene rings is 1. The molecule has 6 nitrogen and oxygen atoms in total. The Hall–Kier alpha value is -2.57. The number of carbonyl (C=O) groups excluding carboxylic acids is 1. The molecule has 1 aromatic heterocycles. The number of hydrogen-bond acceptors (Lipinski definition) is 5. The maximum absolute atomic E-state index is 11.6. The van der Waals surface area contributed by atoms with Crippen molar-refractivity contribution in [3.63, 3.8) is 0 Å². The minimum Gasteiger partial charge on any atom is -0.480 e. The van der Waals surface area contributed by atoms with Crippen LogP contribution in [0.3, 0.4) is 0 Å². The molecule has 2 aromatic rings. The number of aliphatic hydroxyl groups excluding tert-OH is 1. The lowest BCUT2D eigenvalue weighted by molar-refractivity contribution is -0.139. The summed E-state index contributed by atoms with van der Waals surface area (Å²) in [6.45, 7) is 6.03. The first-order chi connectivity index (χ1) is 13.4. The third-order valence-corrected chi connectivity index (χ3v) is 4.21. The van der Waals surface area contributed by atoms with Crippen LogP contribution in [0.5, 0.6) is 0 Å². The summed E-state index contributed by atoms with van der Waals surface area (Å²) in [5.41, 5.74) is 3.92. The van der Waals surface area contributed by atoms with Crippen LogP contribution in [0.15, 0.2) is 42.6 Å². The summed E-state index contributed by atoms with van der Waals surface area (Å²) in [6, 6.07) is 10.4. The van der Waals surface area contributed by atoms with Crippen molar-refractivity contribution < 1.29 is 19.8 Å². The van der Waals surface area contributed by atoms with E-state index in [4.69, 9.17) is 5.11 Å². The molecule has 0 radical (unpaired) electrons. The average Bonchev–Trinajstić information content (AvgIpc) is 2.68. The fourth-order valence-electron chi connectivity index (χ4n) is 2.89. The molecule has 0 saturated carbocycles. The number of pyridine rings is 1. The van der Waals surface area contributed by atoms with Crippen LogP contribution in [-0.4, -0.2) is 46.6 Å². The van der Waals surface area contributed by atoms with Gasteiger partial charge in [-0.2, -0.15) is 0 Å². The Kier molecular flexibility index (Phi) is 10.1. The number of carboxylic acid groups (broad SMARTS) is 1. The van der Waals surface area contributed by atoms with Gasteiger partial charge < -0.3 is 15.0 Å². The quantitative estimate of drug-likeness (QED) is 0.573. The highest BCUT2D eigenvalue weighted by atomic mass is 16.4. The van der Waals surface area contributed by atoms with E-state index in [1.807, 2.05) is 57.2 Å². The van der Waals surface area contributed by atoms with Gasteiger partial charge in [0.25, 0.3) is 0 Å². The van der Waals surface area contributed by atoms with Crippen LogP contribution in [0.2, 0.25) is 0 Å². The number of rotatable bonds is 9. The van der Waals surface area contributed by atoms with Crippen LogP contribution in [0.4, 0.5) is 0 Å². The van der Waals surface area contributed by atoms with E-state index >= 15 is 0 Å². The highest BCUT2D eigenvalue weighted by Crippen LogP contribution is 2.19. The Bertz CT molecular complexity index is 744. The first kappa shape index (κ1) is 23.5. The van der Waals surface area contributed by atoms with E-state index < -0.39 is 18.1 Å². The van der Waals surface area contributed by atoms with Crippen molar-refractivity contribution in [1.82, 2.24) is 10.3 Å². The summed E-state index contributed by atoms with van der Waals surface area (Å²) in [5, 5.41) is 19.4. The monoisotopic (exact) mass is 386 g/mol. The number of aryl methyl sites for hydroxylation is 1. The lowest BCUT2D eigenvalue weighted by Gasteiger charge is -2.20. The maximum Gasteiger partial charge on any atom is 0.321 e. The summed E-state index contributed by atoms with van der Waals surface area (Å²) >= 11 is 0. The van der Waals surface area contributed by atoms with E-state index in [0.29, 0.717) is 18.8 Å². The lowest BCUT2D eigenvalue weighted by atomic mass is 10.00. The fraction of sp³-hybridized carbons (Fsp3) is 0.409. The molecule has 1 heterocycles. The van der Waals surface area contributed by atoms with Gasteiger partial charge in [0.05, 0.1) is 11.7 Å². The molecule has 0 bridgehead atoms. The Morgan fingerprint density at radius 1 is 1.18 bits per heavy atom. The molecule has 28 heavy (non-hydrogen) atoms. The molecular formula is C22H30N2O4. The normalized spacial score (nSPS) is 12.6. The number of carboxylic acids is 1. The smallest absolute Gasteiger partial charge is 0.321 e. The zero-order valence-corrected chi connectivity index (χ0v) is 16.9. The Morgan fingerprint density at radius 2 is 1.82 bits per heavy atom. The highest BCUT2D eigenvalue weighted by molar-refractivity contribution is 5.75. The van der Waals surface area contributed by atoms with E-state index in [0.717, 1.165) is 35.8 Å². The van der Waals surface area contributed by atoms with Gasteiger partial charge in [-0.1, -0.05) is 38.1 Å². The molecule has 1 aromatic carbocycles. The van der Waals surface area contributed by atoms with Crippen molar-refractivity contribution in [2.45, 2.75) is 45.7 Å². The minimum atomic E-state index is -0.954. The molecule has 0 unspecified atom stereocenters. The maximum atomic E-state index is 11.6. The second-order valence-electron chi connectivity index (χ2n) is 7.05. The lowest BCUT2D eigenvalue weighted by Crippen LogP contribution is -2.46. The molecule has 3 N–H and O–H groups in total. The molecule has 0 amide bonds. The van der Waals surface area contributed by atoms with Gasteiger partial charge in [-0.25, -0.2) is 0 Å². The van der Waals surface area contributed by atoms with Gasteiger partial charge in [-0.15, -0.1) is 0 Å². The molecule has 0 fully saturated rings. The summed E-state index contributed by atoms with van der Waals surface area (Å²) in [5.74, 6) is -0.640. The summed E-state index contributed by atoms with van der Waals surface area (Å²) in [4.78, 5) is 27.2. The SMILES string of the molecule is CO.Cc1ccnc(-c2ccc(C[C@H](N[C@H](C=O)CC(C)C)C(=O)O)cc2)c1. The zero-order chi connectivity index (χ0) is 21.1. The molecule has 0 spiro atoms. The average molecular weight is 386 g/mol. The molecule has 6 heteroatoms. The summed E-state index contributed by atoms with van der Waals surface area (Å²) < 4.78 is 0. The van der Waals surface area contributed by atoms with Crippen LogP contribution < -0.4 is 5.32 Å². The van der Waals surface area contributed by atoms with Crippen LogP contribution in [-0.2, 0) is 16.0 Å². The molecular weight excluding hydrogens is 356 g/mol. The fourth-order valence-corrected chi connectivity index (χ4v) is 2.89. The molecule has 0 aliphatic carbocycles. The molecule has 2 atom stereocenters. The van der Waals surface area contributed by atoms with Crippen LogP contribution in [0.25, 0.3) is 11.3 Å². The van der Waals surface area contributed by atoms with Crippen molar-refractivity contribution in [2.75, 3.05) is 7.11 Å². The van der Waals surface area contributed by atoms with E-state index in [1.165, 1.54) is 0 Å². The number of aldehydes is 1. The highest BCUT2D eigenvalue weighted by Gasteiger charge is 2.22. The number of nitrogens with one attached hydrogen (secondary N) is 1. The first-order valence-electron chi connectivity index (χ1n) is 9.30. The number of aromatic nitrogens is 1. The van der Waals surface area contributed by atoms with Gasteiger partial charge in [-0.05, 0) is 48.9 Å². The molecule has 152 valence electrons. The van der Waals surface area contributed by atoms with E-state index in [9.17, 15) is 14.7 Å². The predicted molar refractivity (Wildman–Crippen MR) is 110 cm³/mol. The van der Waals surface area contributed by atoms with Gasteiger partial charge in [-0.3, -0.25) is 15.1 Å². The van der Waals surface area contributed by atoms with Gasteiger partial charge in [0.15, 0.2) is 0 Å². The predicted octanol–water partition coefficient (Wildman–Crippen LogP) is 2.86. The molecule has 0 aliphatic rings. The van der Waals surface area contributed by atoms with Crippen molar-refractivity contribution >= 4 is 12.3 Å². The second-order valence-corrected chi connectivity index (χ2v) is 7.05. The van der Waals surface area contributed by atoms with E-state index in [1.54, 1.807) is 6.20 Å². The van der Waals surface area contributed by atoms with Gasteiger partial charge in [0.2, 0.25) is 0 Å². The summed E-state index contributed by atoms with van der Waals surface area (Å²) in [7, 11) is 1.00. The first-order valence-corrected chi connectivity index (χ1v) is 9.30. The number of nitrogens with zero attached hydrogens (tertiary/aromatic N) is 1. The molecule has 0 aliphatic heterocycles. The second kappa shape index (κ2) is 12.0. The van der Waals surface area contributed by atoms with E-state index in [-0.39, 0.29) is 0 Å². The molecule has 2 rings (SSSR count). The number of hydrogen-bond donors (Lipinski definition) is 3. The Labute approximate surface area is 166 Å². The number of carbonyl (C=O) groups is 2. The Balaban J connectivity index is 0.00000190. The van der Waals surface area contributed by atoms with E-state index in [2.05, 4.69) is 10.3 Å². The van der Waals surface area contributed by atoms with Gasteiger partial charge in [0, 0.05) is 18.9 Å². The third kappa shape index (κ3) is 7.58. The van der Waals surface area contributed by atoms with Crippen LogP contribution in [0, 0.1) is 12.8 Å². The van der Waals surface area contributed by atoms with Crippen molar-refractivity contribution in [3.8, 4) is 11.3 Å². The third-order valence-electron chi connectivity index (χ3n) is 4.21. The van der Waals surface area contributed by atoms with Crippen molar-refractivity contribution in [3.05, 3.63) is 53.7 Å². The van der Waals surface area contributed by atoms with Gasteiger partial charge in [0.1, 0.15) is 12.3 Å². The van der Waals surface area contributed by atoms with Crippen LogP contribution >= 0.6 is 0 Å². The van der Waals surface area contributed by atoms with Crippen molar-refractivity contribution in [2.24, 2.45) is 5.92 Å². The standard InChI is InChI=1S/C21H26N2O3.CH4O/c1-14(2)10-18(13-24)23-20(21(25)26)12-16-4-6-17(7-5-16)19-11-15(3)8-9-22-19;1-2/h4-9,11,13-14,18,20,23H,10,12H2,1-3H3,(H,25,26);2H,1H3/t18-,20-;/m0./s1. The number of aliphatic hydroxyl groups is 1. The van der Waals surface area contributed by atoms with Crippen molar-refractivity contribution in [1.29, 1.82) is 0 Å². The van der Waals surface area contributed by atoms with Crippen LogP contribution in [0.1, 0.15) is 31.4 Å². The molecule has 0 saturated heterocycles. The summed E-state index contributed by atoms with van der Waals surface area (Å²) in [6.07, 6.45) is 3.50. The largest absolute Gasteiger partial charge is 0.480 e. The topological polar surface area (TPSA) is 99.5 Å². The minimum absolute atomic E-state index is 0.313.